The van der Waals surface area contributed by atoms with E-state index in [9.17, 15) is 9.59 Å². The van der Waals surface area contributed by atoms with Crippen LogP contribution >= 0.6 is 0 Å². The van der Waals surface area contributed by atoms with Gasteiger partial charge in [0.05, 0.1) is 12.0 Å². The summed E-state index contributed by atoms with van der Waals surface area (Å²) in [4.78, 5) is 25.9. The zero-order valence-corrected chi connectivity index (χ0v) is 12.4. The maximum absolute atomic E-state index is 12.5. The molecular formula is C14H25N5O2. The molecule has 0 atom stereocenters. The number of hydrogen-bond donors (Lipinski definition) is 4. The highest BCUT2D eigenvalue weighted by Crippen LogP contribution is 2.34. The average Bonchev–Trinajstić information content (AvgIpc) is 3.03. The van der Waals surface area contributed by atoms with Gasteiger partial charge in [-0.15, -0.1) is 0 Å². The molecule has 0 aromatic heterocycles. The number of nitrogens with one attached hydrogen (secondary N) is 4. The summed E-state index contributed by atoms with van der Waals surface area (Å²) in [6.07, 6.45) is 0.890. The Labute approximate surface area is 125 Å². The minimum Gasteiger partial charge on any atom is -0.355 e. The van der Waals surface area contributed by atoms with Crippen molar-refractivity contribution in [2.45, 2.75) is 6.42 Å². The van der Waals surface area contributed by atoms with E-state index in [4.69, 9.17) is 0 Å². The van der Waals surface area contributed by atoms with Crippen molar-refractivity contribution in [3.63, 3.8) is 0 Å². The van der Waals surface area contributed by atoms with Crippen LogP contribution in [0.4, 0.5) is 0 Å². The van der Waals surface area contributed by atoms with Gasteiger partial charge in [0, 0.05) is 58.3 Å². The molecule has 118 valence electrons. The molecule has 7 nitrogen and oxygen atoms in total. The number of hydrogen-bond acceptors (Lipinski definition) is 5. The Morgan fingerprint density at radius 1 is 1.33 bits per heavy atom. The lowest BCUT2D eigenvalue weighted by atomic mass is 9.80. The average molecular weight is 295 g/mol. The van der Waals surface area contributed by atoms with E-state index in [0.29, 0.717) is 19.0 Å². The fourth-order valence-electron chi connectivity index (χ4n) is 3.66. The molecule has 3 heterocycles. The number of amides is 2. The summed E-state index contributed by atoms with van der Waals surface area (Å²) in [6.45, 7) is 7.09. The largest absolute Gasteiger partial charge is 0.355 e. The number of nitrogens with zero attached hydrogens (tertiary/aromatic N) is 1. The van der Waals surface area contributed by atoms with Gasteiger partial charge < -0.3 is 21.3 Å². The second kappa shape index (κ2) is 6.29. The Hall–Kier alpha value is -1.18. The van der Waals surface area contributed by atoms with Gasteiger partial charge in [-0.3, -0.25) is 14.5 Å². The molecule has 0 unspecified atom stereocenters. The van der Waals surface area contributed by atoms with Gasteiger partial charge >= 0.3 is 0 Å². The number of carbonyl (C=O) groups is 2. The second-order valence-corrected chi connectivity index (χ2v) is 6.35. The number of fused-ring (bicyclic) bond motifs is 1. The molecule has 3 saturated heterocycles. The molecule has 3 fully saturated rings. The van der Waals surface area contributed by atoms with Crippen LogP contribution in [0.2, 0.25) is 0 Å². The van der Waals surface area contributed by atoms with Crippen LogP contribution in [0.5, 0.6) is 0 Å². The zero-order valence-electron chi connectivity index (χ0n) is 12.4. The Morgan fingerprint density at radius 3 is 2.81 bits per heavy atom. The highest BCUT2D eigenvalue weighted by atomic mass is 16.2. The Bertz CT molecular complexity index is 404. The van der Waals surface area contributed by atoms with Crippen LogP contribution in [0.3, 0.4) is 0 Å². The Balaban J connectivity index is 1.39. The fourth-order valence-corrected chi connectivity index (χ4v) is 3.66. The van der Waals surface area contributed by atoms with Gasteiger partial charge in [0.15, 0.2) is 0 Å². The SMILES string of the molecule is O=C1CN(CCCNC(=O)C23CNCC2CNC3)CCN1. The normalized spacial score (nSPS) is 32.8. The van der Waals surface area contributed by atoms with Gasteiger partial charge in [-0.25, -0.2) is 0 Å². The molecule has 0 aromatic carbocycles. The highest BCUT2D eigenvalue weighted by molar-refractivity contribution is 5.84. The Morgan fingerprint density at radius 2 is 2.10 bits per heavy atom. The summed E-state index contributed by atoms with van der Waals surface area (Å²) in [5.41, 5.74) is -0.245. The molecule has 0 spiro atoms. The number of piperazine rings is 1. The molecule has 7 heteroatoms. The van der Waals surface area contributed by atoms with Crippen LogP contribution in [-0.2, 0) is 9.59 Å². The topological polar surface area (TPSA) is 85.5 Å². The van der Waals surface area contributed by atoms with Crippen LogP contribution in [0.25, 0.3) is 0 Å². The molecule has 3 rings (SSSR count). The number of carbonyl (C=O) groups excluding carboxylic acids is 2. The summed E-state index contributed by atoms with van der Waals surface area (Å²) < 4.78 is 0. The van der Waals surface area contributed by atoms with E-state index in [1.807, 2.05) is 0 Å². The lowest BCUT2D eigenvalue weighted by molar-refractivity contribution is -0.130. The molecule has 0 saturated carbocycles. The van der Waals surface area contributed by atoms with Gasteiger partial charge in [0.2, 0.25) is 11.8 Å². The van der Waals surface area contributed by atoms with Crippen LogP contribution in [0.1, 0.15) is 6.42 Å². The summed E-state index contributed by atoms with van der Waals surface area (Å²) in [6, 6.07) is 0. The first-order valence-corrected chi connectivity index (χ1v) is 7.89. The first-order valence-electron chi connectivity index (χ1n) is 7.89. The van der Waals surface area contributed by atoms with E-state index in [1.165, 1.54) is 0 Å². The van der Waals surface area contributed by atoms with Crippen LogP contribution in [0.15, 0.2) is 0 Å². The van der Waals surface area contributed by atoms with Crippen molar-refractivity contribution in [2.75, 3.05) is 58.9 Å². The van der Waals surface area contributed by atoms with Crippen molar-refractivity contribution < 1.29 is 9.59 Å². The van der Waals surface area contributed by atoms with E-state index < -0.39 is 0 Å². The number of rotatable bonds is 5. The van der Waals surface area contributed by atoms with Crippen LogP contribution < -0.4 is 21.3 Å². The standard InChI is InChI=1S/C14H25N5O2/c20-12-8-19(5-3-17-12)4-1-2-18-13(21)14-9-15-6-11(14)7-16-10-14/h11,15-16H,1-10H2,(H,17,20)(H,18,21). The molecular weight excluding hydrogens is 270 g/mol. The van der Waals surface area contributed by atoms with E-state index in [0.717, 1.165) is 52.2 Å². The lowest BCUT2D eigenvalue weighted by Crippen LogP contribution is -2.49. The third kappa shape index (κ3) is 3.04. The molecule has 3 aliphatic heterocycles. The molecule has 2 amide bonds. The van der Waals surface area contributed by atoms with Gasteiger partial charge in [-0.1, -0.05) is 0 Å². The van der Waals surface area contributed by atoms with Crippen molar-refractivity contribution in [1.82, 2.24) is 26.2 Å². The molecule has 4 N–H and O–H groups in total. The smallest absolute Gasteiger partial charge is 0.234 e. The summed E-state index contributed by atoms with van der Waals surface area (Å²) in [5.74, 6) is 0.697. The monoisotopic (exact) mass is 295 g/mol. The van der Waals surface area contributed by atoms with E-state index in [-0.39, 0.29) is 17.2 Å². The van der Waals surface area contributed by atoms with E-state index >= 15 is 0 Å². The van der Waals surface area contributed by atoms with Crippen LogP contribution in [-0.4, -0.2) is 75.6 Å². The van der Waals surface area contributed by atoms with Gasteiger partial charge in [-0.2, -0.15) is 0 Å². The van der Waals surface area contributed by atoms with Crippen LogP contribution in [0, 0.1) is 11.3 Å². The predicted molar refractivity (Wildman–Crippen MR) is 78.7 cm³/mol. The highest BCUT2D eigenvalue weighted by Gasteiger charge is 2.51. The maximum Gasteiger partial charge on any atom is 0.234 e. The molecule has 0 aromatic rings. The third-order valence-corrected chi connectivity index (χ3v) is 4.95. The van der Waals surface area contributed by atoms with Crippen molar-refractivity contribution in [3.8, 4) is 0 Å². The summed E-state index contributed by atoms with van der Waals surface area (Å²) in [7, 11) is 0. The molecule has 0 aliphatic carbocycles. The molecule has 0 bridgehead atoms. The molecule has 0 radical (unpaired) electrons. The third-order valence-electron chi connectivity index (χ3n) is 4.95. The maximum atomic E-state index is 12.5. The minimum absolute atomic E-state index is 0.0982. The first kappa shape index (κ1) is 14.7. The van der Waals surface area contributed by atoms with Gasteiger partial charge in [0.1, 0.15) is 0 Å². The second-order valence-electron chi connectivity index (χ2n) is 6.35. The van der Waals surface area contributed by atoms with E-state index in [2.05, 4.69) is 26.2 Å². The quantitative estimate of drug-likeness (QED) is 0.430. The van der Waals surface area contributed by atoms with E-state index in [1.54, 1.807) is 0 Å². The zero-order chi connectivity index (χ0) is 14.7. The van der Waals surface area contributed by atoms with Crippen molar-refractivity contribution in [1.29, 1.82) is 0 Å². The summed E-state index contributed by atoms with van der Waals surface area (Å²) in [5, 5.41) is 12.6. The fraction of sp³-hybridized carbons (Fsp3) is 0.857. The van der Waals surface area contributed by atoms with Crippen molar-refractivity contribution in [3.05, 3.63) is 0 Å². The predicted octanol–water partition coefficient (Wildman–Crippen LogP) is -2.27. The Kier molecular flexibility index (Phi) is 4.42. The van der Waals surface area contributed by atoms with Crippen molar-refractivity contribution >= 4 is 11.8 Å². The molecule has 3 aliphatic rings. The summed E-state index contributed by atoms with van der Waals surface area (Å²) >= 11 is 0. The molecule has 21 heavy (non-hydrogen) atoms. The first-order chi connectivity index (χ1) is 10.2. The lowest BCUT2D eigenvalue weighted by Gasteiger charge is -2.28. The van der Waals surface area contributed by atoms with Gasteiger partial charge in [-0.05, 0) is 6.42 Å². The van der Waals surface area contributed by atoms with Gasteiger partial charge in [0.25, 0.3) is 0 Å². The minimum atomic E-state index is -0.245. The van der Waals surface area contributed by atoms with Crippen molar-refractivity contribution in [2.24, 2.45) is 11.3 Å².